The molecule has 0 aliphatic rings. The number of hydrogen-bond donors (Lipinski definition) is 1. The van der Waals surface area contributed by atoms with Crippen LogP contribution < -0.4 is 5.90 Å². The molecule has 0 rings (SSSR count). The summed E-state index contributed by atoms with van der Waals surface area (Å²) in [7, 11) is 0. The molecule has 22 valence electrons. The molecule has 0 aromatic heterocycles. The van der Waals surface area contributed by atoms with Gasteiger partial charge in [0.2, 0.25) is 0 Å². The van der Waals surface area contributed by atoms with E-state index >= 15 is 0 Å². The van der Waals surface area contributed by atoms with Gasteiger partial charge in [-0.15, -0.1) is 0 Å². The van der Waals surface area contributed by atoms with Gasteiger partial charge in [-0.05, 0) is 0 Å². The summed E-state index contributed by atoms with van der Waals surface area (Å²) in [6.45, 7) is 0. The predicted octanol–water partition coefficient (Wildman–Crippen LogP) is -1.16. The van der Waals surface area contributed by atoms with Gasteiger partial charge in [-0.3, -0.25) is 0 Å². The Bertz CT molecular complexity index is 20.0. The first-order valence-corrected chi connectivity index (χ1v) is 1.65. The van der Waals surface area contributed by atoms with Gasteiger partial charge < -0.3 is 0 Å². The summed E-state index contributed by atoms with van der Waals surface area (Å²) in [5.41, 5.74) is 0. The Morgan fingerprint density at radius 3 is 2.25 bits per heavy atom. The average Bonchev–Trinajstić information content (AvgIpc) is 1.37. The molecule has 4 heteroatoms. The Morgan fingerprint density at radius 2 is 2.25 bits per heavy atom. The Balaban J connectivity index is 2.30. The molecule has 0 saturated carbocycles. The van der Waals surface area contributed by atoms with Crippen LogP contribution in [0.3, 0.4) is 0 Å². The van der Waals surface area contributed by atoms with Gasteiger partial charge in [-0.2, -0.15) is 0 Å². The van der Waals surface area contributed by atoms with E-state index in [1.807, 2.05) is 0 Å². The summed E-state index contributed by atoms with van der Waals surface area (Å²) in [4.78, 5) is 0. The molecular formula is H2AlNO2. The summed E-state index contributed by atoms with van der Waals surface area (Å²) in [5.74, 6) is 4.25. The molecule has 0 bridgehead atoms. The van der Waals surface area contributed by atoms with Gasteiger partial charge in [0.1, 0.15) is 0 Å². The molecule has 2 N–H and O–H groups in total. The van der Waals surface area contributed by atoms with E-state index < -0.39 is 15.5 Å². The molecule has 0 amide bonds. The van der Waals surface area contributed by atoms with Crippen LogP contribution >= 0.6 is 0 Å². The second-order valence-corrected chi connectivity index (χ2v) is 0.697. The molecule has 0 fully saturated rings. The van der Waals surface area contributed by atoms with Crippen molar-refractivity contribution in [3.05, 3.63) is 0 Å². The third-order valence-corrected chi connectivity index (χ3v) is 0.167. The molecule has 0 aliphatic carbocycles. The second kappa shape index (κ2) is 3.09. The van der Waals surface area contributed by atoms with Crippen LogP contribution in [-0.2, 0) is 7.69 Å². The quantitative estimate of drug-likeness (QED) is 0.316. The molecule has 0 spiro atoms. The van der Waals surface area contributed by atoms with Crippen LogP contribution in [0.25, 0.3) is 0 Å². The van der Waals surface area contributed by atoms with Crippen molar-refractivity contribution in [1.29, 1.82) is 0 Å². The van der Waals surface area contributed by atoms with E-state index in [1.165, 1.54) is 0 Å². The zero-order valence-corrected chi connectivity index (χ0v) is 3.13. The number of hydrogen-bond acceptors (Lipinski definition) is 3. The zero-order valence-electron chi connectivity index (χ0n) is 1.97. The predicted molar refractivity (Wildman–Crippen MR) is 11.7 cm³/mol. The van der Waals surface area contributed by atoms with Gasteiger partial charge in [0.15, 0.2) is 0 Å². The minimum absolute atomic E-state index is 1.19. The van der Waals surface area contributed by atoms with E-state index in [4.69, 9.17) is 3.80 Å². The summed E-state index contributed by atoms with van der Waals surface area (Å²) >= 11 is -1.19. The van der Waals surface area contributed by atoms with Gasteiger partial charge in [-0.25, -0.2) is 0 Å². The summed E-state index contributed by atoms with van der Waals surface area (Å²) in [5, 5.41) is 0. The van der Waals surface area contributed by atoms with Crippen LogP contribution in [0.5, 0.6) is 0 Å². The normalized spacial score (nSPS) is 4.25. The van der Waals surface area contributed by atoms with E-state index in [1.54, 1.807) is 0 Å². The Labute approximate surface area is 30.0 Å². The van der Waals surface area contributed by atoms with Gasteiger partial charge in [0.05, 0.1) is 0 Å². The van der Waals surface area contributed by atoms with E-state index in [9.17, 15) is 0 Å². The molecule has 4 heavy (non-hydrogen) atoms. The van der Waals surface area contributed by atoms with Crippen molar-refractivity contribution < 1.29 is 7.69 Å². The fourth-order valence-electron chi connectivity index (χ4n) is 0. The molecule has 0 unspecified atom stereocenters. The van der Waals surface area contributed by atoms with Crippen LogP contribution in [0.4, 0.5) is 0 Å². The first kappa shape index (κ1) is 4.09. The van der Waals surface area contributed by atoms with E-state index in [0.717, 1.165) is 0 Å². The minimum atomic E-state index is -1.19. The van der Waals surface area contributed by atoms with E-state index in [0.29, 0.717) is 0 Å². The number of nitrogens with two attached hydrogens (primary N) is 1. The third kappa shape index (κ3) is 2.09. The molecule has 0 aromatic rings. The Kier molecular flexibility index (Phi) is 3.16. The van der Waals surface area contributed by atoms with Crippen molar-refractivity contribution in [3.8, 4) is 0 Å². The first-order valence-electron chi connectivity index (χ1n) is 0.707. The standard InChI is InChI=1S/Al.H2NO.O/c;1-2;/h;1H2;/q+1;-1;. The molecular weight excluding hydrogens is 73.0 g/mol. The summed E-state index contributed by atoms with van der Waals surface area (Å²) < 4.78 is 12.6. The van der Waals surface area contributed by atoms with Crippen molar-refractivity contribution in [3.63, 3.8) is 0 Å². The summed E-state index contributed by atoms with van der Waals surface area (Å²) in [6.07, 6.45) is 0. The van der Waals surface area contributed by atoms with Crippen molar-refractivity contribution in [2.24, 2.45) is 5.90 Å². The van der Waals surface area contributed by atoms with Crippen molar-refractivity contribution in [2.45, 2.75) is 0 Å². The monoisotopic (exact) mass is 75.0 g/mol. The van der Waals surface area contributed by atoms with Gasteiger partial charge in [0.25, 0.3) is 0 Å². The van der Waals surface area contributed by atoms with Crippen molar-refractivity contribution >= 4 is 15.5 Å². The fraction of sp³-hybridized carbons (Fsp3) is 0. The molecule has 0 saturated heterocycles. The summed E-state index contributed by atoms with van der Waals surface area (Å²) in [6, 6.07) is 0. The maximum atomic E-state index is 9.03. The molecule has 0 aromatic carbocycles. The number of rotatable bonds is 1. The van der Waals surface area contributed by atoms with Crippen LogP contribution in [0.1, 0.15) is 0 Å². The Hall–Kier alpha value is 0.0925. The topological polar surface area (TPSA) is 52.3 Å². The van der Waals surface area contributed by atoms with Gasteiger partial charge in [-0.1, -0.05) is 0 Å². The molecule has 0 heterocycles. The van der Waals surface area contributed by atoms with E-state index in [-0.39, 0.29) is 0 Å². The van der Waals surface area contributed by atoms with Crippen LogP contribution in [-0.4, -0.2) is 15.5 Å². The van der Waals surface area contributed by atoms with Crippen LogP contribution in [0.15, 0.2) is 0 Å². The van der Waals surface area contributed by atoms with Gasteiger partial charge in [0, 0.05) is 0 Å². The molecule has 3 nitrogen and oxygen atoms in total. The van der Waals surface area contributed by atoms with Crippen molar-refractivity contribution in [2.75, 3.05) is 0 Å². The molecule has 0 aliphatic heterocycles. The SMILES string of the molecule is N[O][Al]=[O]. The first-order chi connectivity index (χ1) is 1.91. The van der Waals surface area contributed by atoms with Crippen LogP contribution in [0, 0.1) is 0 Å². The third-order valence-electron chi connectivity index (χ3n) is 0.0556. The fourth-order valence-corrected chi connectivity index (χ4v) is 0. The molecule has 0 atom stereocenters. The van der Waals surface area contributed by atoms with Crippen molar-refractivity contribution in [1.82, 2.24) is 0 Å². The van der Waals surface area contributed by atoms with Gasteiger partial charge >= 0.3 is 29.1 Å². The Morgan fingerprint density at radius 1 is 2.00 bits per heavy atom. The zero-order chi connectivity index (χ0) is 3.41. The van der Waals surface area contributed by atoms with Crippen LogP contribution in [0.2, 0.25) is 0 Å². The van der Waals surface area contributed by atoms with E-state index in [2.05, 4.69) is 9.79 Å². The second-order valence-electron chi connectivity index (χ2n) is 0.232. The maximum absolute atomic E-state index is 9.03. The average molecular weight is 75.0 g/mol. The molecule has 0 radical (unpaired) electrons.